The van der Waals surface area contributed by atoms with Gasteiger partial charge in [0, 0.05) is 22.5 Å². The maximum Gasteiger partial charge on any atom is 0.128 e. The number of nitrogens with one attached hydrogen (secondary N) is 1. The van der Waals surface area contributed by atoms with E-state index in [9.17, 15) is 4.39 Å². The normalized spacial score (nSPS) is 27.0. The van der Waals surface area contributed by atoms with Crippen molar-refractivity contribution in [2.45, 2.75) is 38.5 Å². The molecule has 1 aromatic rings. The number of benzene rings is 1. The molecule has 1 N–H and O–H groups in total. The number of halogens is 2. The van der Waals surface area contributed by atoms with E-state index in [0.717, 1.165) is 32.4 Å². The molecular weight excluding hydrogens is 249 g/mol. The molecule has 1 aliphatic carbocycles. The third kappa shape index (κ3) is 2.55. The molecule has 2 rings (SSSR count). The SMILES string of the molecule is CCCNCC1(c2c(F)cccc2Cl)CC(C)C1. The van der Waals surface area contributed by atoms with Gasteiger partial charge in [0.2, 0.25) is 0 Å². The van der Waals surface area contributed by atoms with E-state index >= 15 is 0 Å². The Hall–Kier alpha value is -0.600. The van der Waals surface area contributed by atoms with Crippen molar-refractivity contribution in [3.8, 4) is 0 Å². The first kappa shape index (κ1) is 13.8. The average Bonchev–Trinajstić information content (AvgIpc) is 2.27. The first-order valence-electron chi connectivity index (χ1n) is 6.74. The summed E-state index contributed by atoms with van der Waals surface area (Å²) in [6.45, 7) is 6.15. The van der Waals surface area contributed by atoms with E-state index in [1.807, 2.05) is 0 Å². The molecule has 3 heteroatoms. The van der Waals surface area contributed by atoms with E-state index in [1.54, 1.807) is 12.1 Å². The molecule has 0 spiro atoms. The maximum absolute atomic E-state index is 14.1. The lowest BCUT2D eigenvalue weighted by atomic mass is 9.59. The van der Waals surface area contributed by atoms with Crippen LogP contribution in [0.3, 0.4) is 0 Å². The summed E-state index contributed by atoms with van der Waals surface area (Å²) in [6, 6.07) is 4.99. The summed E-state index contributed by atoms with van der Waals surface area (Å²) in [7, 11) is 0. The van der Waals surface area contributed by atoms with Crippen molar-refractivity contribution < 1.29 is 4.39 Å². The van der Waals surface area contributed by atoms with Gasteiger partial charge in [-0.25, -0.2) is 4.39 Å². The van der Waals surface area contributed by atoms with Gasteiger partial charge < -0.3 is 5.32 Å². The Kier molecular flexibility index (Phi) is 4.29. The summed E-state index contributed by atoms with van der Waals surface area (Å²) in [5, 5.41) is 4.00. The van der Waals surface area contributed by atoms with Crippen LogP contribution < -0.4 is 5.32 Å². The molecule has 0 atom stereocenters. The van der Waals surface area contributed by atoms with Crippen molar-refractivity contribution in [2.75, 3.05) is 13.1 Å². The molecule has 1 aromatic carbocycles. The molecule has 1 aliphatic rings. The summed E-state index contributed by atoms with van der Waals surface area (Å²) >= 11 is 6.22. The fourth-order valence-electron chi connectivity index (χ4n) is 3.22. The summed E-state index contributed by atoms with van der Waals surface area (Å²) in [5.41, 5.74) is 0.616. The Morgan fingerprint density at radius 2 is 2.17 bits per heavy atom. The first-order valence-corrected chi connectivity index (χ1v) is 7.12. The lowest BCUT2D eigenvalue weighted by molar-refractivity contribution is 0.148. The number of rotatable bonds is 5. The van der Waals surface area contributed by atoms with Gasteiger partial charge in [0.25, 0.3) is 0 Å². The zero-order valence-electron chi connectivity index (χ0n) is 11.1. The van der Waals surface area contributed by atoms with Gasteiger partial charge in [-0.05, 0) is 43.9 Å². The van der Waals surface area contributed by atoms with Crippen molar-refractivity contribution in [2.24, 2.45) is 5.92 Å². The Labute approximate surface area is 114 Å². The second-order valence-electron chi connectivity index (χ2n) is 5.57. The Balaban J connectivity index is 2.24. The molecule has 0 aliphatic heterocycles. The summed E-state index contributed by atoms with van der Waals surface area (Å²) in [4.78, 5) is 0. The fourth-order valence-corrected chi connectivity index (χ4v) is 3.58. The van der Waals surface area contributed by atoms with E-state index < -0.39 is 0 Å². The van der Waals surface area contributed by atoms with Crippen LogP contribution in [0, 0.1) is 11.7 Å². The van der Waals surface area contributed by atoms with Crippen LogP contribution in [0.1, 0.15) is 38.7 Å². The highest BCUT2D eigenvalue weighted by Gasteiger charge is 2.45. The smallest absolute Gasteiger partial charge is 0.128 e. The minimum Gasteiger partial charge on any atom is -0.316 e. The predicted octanol–water partition coefficient (Wildman–Crippen LogP) is 4.15. The molecule has 0 bridgehead atoms. The molecule has 0 heterocycles. The highest BCUT2D eigenvalue weighted by atomic mass is 35.5. The van der Waals surface area contributed by atoms with E-state index in [4.69, 9.17) is 11.6 Å². The van der Waals surface area contributed by atoms with Gasteiger partial charge in [-0.15, -0.1) is 0 Å². The zero-order valence-corrected chi connectivity index (χ0v) is 11.9. The van der Waals surface area contributed by atoms with E-state index in [1.165, 1.54) is 6.07 Å². The molecule has 0 unspecified atom stereocenters. The quantitative estimate of drug-likeness (QED) is 0.792. The van der Waals surface area contributed by atoms with Crippen LogP contribution >= 0.6 is 11.6 Å². The Bertz CT molecular complexity index is 393. The lowest BCUT2D eigenvalue weighted by Gasteiger charge is -2.47. The van der Waals surface area contributed by atoms with Gasteiger partial charge >= 0.3 is 0 Å². The molecule has 1 nitrogen and oxygen atoms in total. The Morgan fingerprint density at radius 1 is 1.44 bits per heavy atom. The fraction of sp³-hybridized carbons (Fsp3) is 0.600. The van der Waals surface area contributed by atoms with E-state index in [2.05, 4.69) is 19.2 Å². The standard InChI is InChI=1S/C15H21ClFN/c1-3-7-18-10-15(8-11(2)9-15)14-12(16)5-4-6-13(14)17/h4-6,11,18H,3,7-10H2,1-2H3. The molecular formula is C15H21ClFN. The van der Waals surface area contributed by atoms with Crippen LogP contribution in [0.5, 0.6) is 0 Å². The minimum absolute atomic E-state index is 0.100. The largest absolute Gasteiger partial charge is 0.316 e. The molecule has 0 radical (unpaired) electrons. The van der Waals surface area contributed by atoms with Crippen LogP contribution in [0.2, 0.25) is 5.02 Å². The highest BCUT2D eigenvalue weighted by molar-refractivity contribution is 6.31. The molecule has 0 amide bonds. The van der Waals surface area contributed by atoms with E-state index in [-0.39, 0.29) is 11.2 Å². The molecule has 1 fully saturated rings. The van der Waals surface area contributed by atoms with Crippen molar-refractivity contribution in [1.29, 1.82) is 0 Å². The van der Waals surface area contributed by atoms with Gasteiger partial charge in [0.05, 0.1) is 0 Å². The summed E-state index contributed by atoms with van der Waals surface area (Å²) < 4.78 is 14.1. The predicted molar refractivity (Wildman–Crippen MR) is 74.6 cm³/mol. The van der Waals surface area contributed by atoms with Crippen molar-refractivity contribution in [3.05, 3.63) is 34.6 Å². The highest BCUT2D eigenvalue weighted by Crippen LogP contribution is 2.50. The van der Waals surface area contributed by atoms with Gasteiger partial charge in [0.15, 0.2) is 0 Å². The van der Waals surface area contributed by atoms with Gasteiger partial charge in [0.1, 0.15) is 5.82 Å². The van der Waals surface area contributed by atoms with Crippen LogP contribution in [0.15, 0.2) is 18.2 Å². The maximum atomic E-state index is 14.1. The lowest BCUT2D eigenvalue weighted by Crippen LogP contribution is -2.48. The molecule has 1 saturated carbocycles. The molecule has 0 aromatic heterocycles. The molecule has 0 saturated heterocycles. The van der Waals surface area contributed by atoms with Gasteiger partial charge in [-0.3, -0.25) is 0 Å². The monoisotopic (exact) mass is 269 g/mol. The average molecular weight is 270 g/mol. The van der Waals surface area contributed by atoms with Gasteiger partial charge in [-0.1, -0.05) is 31.5 Å². The summed E-state index contributed by atoms with van der Waals surface area (Å²) in [6.07, 6.45) is 3.13. The minimum atomic E-state index is -0.160. The second kappa shape index (κ2) is 5.58. The molecule has 100 valence electrons. The topological polar surface area (TPSA) is 12.0 Å². The zero-order chi connectivity index (χ0) is 13.2. The van der Waals surface area contributed by atoms with Crippen LogP contribution in [-0.2, 0) is 5.41 Å². The van der Waals surface area contributed by atoms with Crippen molar-refractivity contribution >= 4 is 11.6 Å². The van der Waals surface area contributed by atoms with Gasteiger partial charge in [-0.2, -0.15) is 0 Å². The molecule has 18 heavy (non-hydrogen) atoms. The first-order chi connectivity index (χ1) is 8.59. The van der Waals surface area contributed by atoms with Crippen molar-refractivity contribution in [1.82, 2.24) is 5.32 Å². The van der Waals surface area contributed by atoms with Crippen molar-refractivity contribution in [3.63, 3.8) is 0 Å². The number of hydrogen-bond donors (Lipinski definition) is 1. The van der Waals surface area contributed by atoms with Crippen LogP contribution in [0.4, 0.5) is 4.39 Å². The third-order valence-corrected chi connectivity index (χ3v) is 4.18. The second-order valence-corrected chi connectivity index (χ2v) is 5.97. The Morgan fingerprint density at radius 3 is 2.72 bits per heavy atom. The van der Waals surface area contributed by atoms with Crippen LogP contribution in [-0.4, -0.2) is 13.1 Å². The van der Waals surface area contributed by atoms with E-state index in [0.29, 0.717) is 16.5 Å². The van der Waals surface area contributed by atoms with Crippen LogP contribution in [0.25, 0.3) is 0 Å². The number of hydrogen-bond acceptors (Lipinski definition) is 1. The third-order valence-electron chi connectivity index (χ3n) is 3.86. The summed E-state index contributed by atoms with van der Waals surface area (Å²) in [5.74, 6) is 0.497.